The molecule has 0 bridgehead atoms. The number of carbonyl (C=O) groups excluding carboxylic acids is 2. The number of anilines is 3. The molecule has 5 heteroatoms. The molecule has 1 saturated heterocycles. The van der Waals surface area contributed by atoms with Crippen LogP contribution in [0.15, 0.2) is 103 Å². The fourth-order valence-electron chi connectivity index (χ4n) is 7.08. The van der Waals surface area contributed by atoms with Gasteiger partial charge in [-0.15, -0.1) is 0 Å². The molecule has 8 rings (SSSR count). The van der Waals surface area contributed by atoms with Gasteiger partial charge in [0.1, 0.15) is 0 Å². The quantitative estimate of drug-likeness (QED) is 0.126. The summed E-state index contributed by atoms with van der Waals surface area (Å²) in [5.74, 6) is -0.290. The van der Waals surface area contributed by atoms with Crippen LogP contribution < -0.4 is 15.3 Å². The first-order valence-corrected chi connectivity index (χ1v) is 18.3. The number of hydrogen-bond donors (Lipinski definition) is 0. The Kier molecular flexibility index (Phi) is 5.25. The summed E-state index contributed by atoms with van der Waals surface area (Å²) in [5, 5.41) is 5.00. The summed E-state index contributed by atoms with van der Waals surface area (Å²) >= 11 is -0.807. The third-order valence-electron chi connectivity index (χ3n) is 8.79. The first kappa shape index (κ1) is 23.4. The van der Waals surface area contributed by atoms with Gasteiger partial charge in [-0.25, -0.2) is 0 Å². The van der Waals surface area contributed by atoms with Crippen LogP contribution in [0, 0.1) is 0 Å². The fourth-order valence-corrected chi connectivity index (χ4v) is 15.4. The molecule has 39 heavy (non-hydrogen) atoms. The van der Waals surface area contributed by atoms with Crippen molar-refractivity contribution in [3.05, 3.63) is 117 Å². The van der Waals surface area contributed by atoms with Gasteiger partial charge >= 0.3 is 239 Å². The van der Waals surface area contributed by atoms with Crippen molar-refractivity contribution in [1.29, 1.82) is 0 Å². The summed E-state index contributed by atoms with van der Waals surface area (Å²) in [7, 11) is -1.75. The van der Waals surface area contributed by atoms with Crippen LogP contribution in [0.2, 0.25) is 12.1 Å². The van der Waals surface area contributed by atoms with Crippen molar-refractivity contribution in [3.8, 4) is 0 Å². The Balaban J connectivity index is 1.23. The maximum absolute atomic E-state index is 13.5. The molecule has 0 N–H and O–H groups in total. The van der Waals surface area contributed by atoms with E-state index < -0.39 is 28.5 Å². The van der Waals surface area contributed by atoms with Gasteiger partial charge in [0.05, 0.1) is 0 Å². The van der Waals surface area contributed by atoms with E-state index in [1.165, 1.54) is 40.0 Å². The predicted octanol–water partition coefficient (Wildman–Crippen LogP) is 6.50. The standard InChI is InChI=1S/C34H25NO2SiTe/c36-33-25-17-15-22-9-1-2-10-24(22)32(25)34(37)26(33)21-23-16-18-31(39-23)35-27-11-3-5-13-29(27)38(19-7-8-20-38)30-14-6-4-12-28(30)35/h1-6,9-18,21H,7-8,19-20H2/b26-21+. The molecule has 3 nitrogen and oxygen atoms in total. The van der Waals surface area contributed by atoms with E-state index in [1.54, 1.807) is 10.4 Å². The normalized spacial score (nSPS) is 18.2. The van der Waals surface area contributed by atoms with Crippen LogP contribution in [0.4, 0.5) is 15.1 Å². The number of para-hydroxylation sites is 2. The minimum atomic E-state index is -1.75. The molecular formula is C34H25NO2SiTe. The Morgan fingerprint density at radius 1 is 0.692 bits per heavy atom. The summed E-state index contributed by atoms with van der Waals surface area (Å²) in [6.07, 6.45) is 4.54. The molecule has 2 aliphatic heterocycles. The summed E-state index contributed by atoms with van der Waals surface area (Å²) in [6.45, 7) is 0. The van der Waals surface area contributed by atoms with Gasteiger partial charge in [0.15, 0.2) is 0 Å². The van der Waals surface area contributed by atoms with E-state index in [-0.39, 0.29) is 11.6 Å². The van der Waals surface area contributed by atoms with Crippen molar-refractivity contribution in [3.63, 3.8) is 0 Å². The van der Waals surface area contributed by atoms with Gasteiger partial charge in [-0.1, -0.05) is 0 Å². The Morgan fingerprint density at radius 2 is 1.36 bits per heavy atom. The summed E-state index contributed by atoms with van der Waals surface area (Å²) in [6, 6.07) is 36.7. The average Bonchev–Trinajstić information content (AvgIpc) is 3.71. The van der Waals surface area contributed by atoms with Crippen LogP contribution in [0.5, 0.6) is 0 Å². The maximum atomic E-state index is 13.5. The summed E-state index contributed by atoms with van der Waals surface area (Å²) < 4.78 is 2.44. The zero-order chi connectivity index (χ0) is 26.1. The number of nitrogens with zero attached hydrogens (tertiary/aromatic N) is 1. The number of fused-ring (bicyclic) bond motifs is 7. The van der Waals surface area contributed by atoms with Crippen LogP contribution in [0.1, 0.15) is 37.1 Å². The van der Waals surface area contributed by atoms with Crippen LogP contribution in [0.25, 0.3) is 16.8 Å². The predicted molar refractivity (Wildman–Crippen MR) is 163 cm³/mol. The van der Waals surface area contributed by atoms with E-state index in [9.17, 15) is 9.59 Å². The Bertz CT molecular complexity index is 1830. The number of allylic oxidation sites excluding steroid dienone is 1. The molecule has 4 aromatic carbocycles. The molecule has 1 aromatic heterocycles. The molecule has 0 saturated carbocycles. The second kappa shape index (κ2) is 8.76. The molecule has 0 unspecified atom stereocenters. The minimum absolute atomic E-state index is 0.142. The SMILES string of the molecule is O=C1/C(=C\c2ccc(N3c4ccccc4[Si]4(CCCC4)c4ccccc43)[te]2)C(=O)c2c1ccc1ccccc21. The summed E-state index contributed by atoms with van der Waals surface area (Å²) in [4.78, 5) is 29.4. The van der Waals surface area contributed by atoms with E-state index in [1.807, 2.05) is 42.5 Å². The van der Waals surface area contributed by atoms with Crippen LogP contribution in [-0.2, 0) is 0 Å². The molecule has 188 valence electrons. The van der Waals surface area contributed by atoms with Gasteiger partial charge < -0.3 is 0 Å². The first-order valence-electron chi connectivity index (χ1n) is 13.6. The summed E-state index contributed by atoms with van der Waals surface area (Å²) in [5.41, 5.74) is 4.08. The molecule has 1 spiro atoms. The molecule has 1 aliphatic carbocycles. The van der Waals surface area contributed by atoms with E-state index in [0.29, 0.717) is 16.7 Å². The van der Waals surface area contributed by atoms with Crippen molar-refractivity contribution in [1.82, 2.24) is 0 Å². The number of ketones is 2. The van der Waals surface area contributed by atoms with Gasteiger partial charge in [-0.3, -0.25) is 0 Å². The van der Waals surface area contributed by atoms with Crippen LogP contribution >= 0.6 is 0 Å². The average molecular weight is 635 g/mol. The molecule has 3 heterocycles. The molecule has 0 atom stereocenters. The third-order valence-corrected chi connectivity index (χ3v) is 17.0. The number of Topliss-reactive ketones (excluding diaryl/α,β-unsaturated/α-hetero) is 2. The zero-order valence-corrected chi connectivity index (χ0v) is 24.6. The van der Waals surface area contributed by atoms with Crippen molar-refractivity contribution in [2.24, 2.45) is 0 Å². The fraction of sp³-hybridized carbons (Fsp3) is 0.118. The number of rotatable bonds is 2. The number of benzene rings is 4. The van der Waals surface area contributed by atoms with E-state index in [4.69, 9.17) is 0 Å². The second-order valence-corrected chi connectivity index (χ2v) is 18.1. The van der Waals surface area contributed by atoms with Gasteiger partial charge in [0, 0.05) is 0 Å². The van der Waals surface area contributed by atoms with Gasteiger partial charge in [-0.05, 0) is 0 Å². The topological polar surface area (TPSA) is 37.4 Å². The Morgan fingerprint density at radius 3 is 2.10 bits per heavy atom. The molecule has 0 radical (unpaired) electrons. The van der Waals surface area contributed by atoms with Gasteiger partial charge in [-0.2, -0.15) is 0 Å². The zero-order valence-electron chi connectivity index (χ0n) is 21.3. The van der Waals surface area contributed by atoms with Gasteiger partial charge in [0.2, 0.25) is 0 Å². The molecular weight excluding hydrogens is 610 g/mol. The van der Waals surface area contributed by atoms with Crippen LogP contribution in [0.3, 0.4) is 0 Å². The molecule has 5 aromatic rings. The number of carbonyl (C=O) groups is 2. The van der Waals surface area contributed by atoms with Crippen molar-refractivity contribution in [2.75, 3.05) is 4.90 Å². The van der Waals surface area contributed by atoms with Crippen molar-refractivity contribution < 1.29 is 9.59 Å². The second-order valence-electron chi connectivity index (χ2n) is 10.8. The molecule has 1 fully saturated rings. The Labute approximate surface area is 238 Å². The van der Waals surface area contributed by atoms with Crippen molar-refractivity contribution >= 4 is 82.4 Å². The number of hydrogen-bond acceptors (Lipinski definition) is 3. The van der Waals surface area contributed by atoms with Gasteiger partial charge in [0.25, 0.3) is 0 Å². The van der Waals surface area contributed by atoms with E-state index >= 15 is 0 Å². The third kappa shape index (κ3) is 3.34. The Hall–Kier alpha value is -3.49. The first-order chi connectivity index (χ1) is 19.2. The molecule has 3 aliphatic rings. The van der Waals surface area contributed by atoms with Crippen LogP contribution in [-0.4, -0.2) is 40.1 Å². The monoisotopic (exact) mass is 637 g/mol. The van der Waals surface area contributed by atoms with E-state index in [2.05, 4.69) is 65.6 Å². The van der Waals surface area contributed by atoms with Crippen molar-refractivity contribution in [2.45, 2.75) is 24.9 Å². The molecule has 0 amide bonds. The van der Waals surface area contributed by atoms with E-state index in [0.717, 1.165) is 14.4 Å².